The van der Waals surface area contributed by atoms with Crippen molar-refractivity contribution in [2.24, 2.45) is 0 Å². The van der Waals surface area contributed by atoms with Gasteiger partial charge in [-0.3, -0.25) is 0 Å². The van der Waals surface area contributed by atoms with Crippen LogP contribution in [-0.2, 0) is 0 Å². The molecule has 0 saturated carbocycles. The van der Waals surface area contributed by atoms with Crippen LogP contribution < -0.4 is 5.32 Å². The lowest BCUT2D eigenvalue weighted by Gasteiger charge is -2.23. The number of phenolic OH excluding ortho intramolecular Hbond substituents is 1. The van der Waals surface area contributed by atoms with Gasteiger partial charge in [-0.25, -0.2) is 4.98 Å². The molecular weight excluding hydrogens is 204 g/mol. The third-order valence-electron chi connectivity index (χ3n) is 2.81. The van der Waals surface area contributed by atoms with Crippen LogP contribution in [0.3, 0.4) is 0 Å². The molecule has 0 bridgehead atoms. The van der Waals surface area contributed by atoms with Gasteiger partial charge in [0.25, 0.3) is 0 Å². The minimum atomic E-state index is 0.256. The molecule has 1 aromatic heterocycles. The Hall–Kier alpha value is -1.81. The van der Waals surface area contributed by atoms with Gasteiger partial charge in [0.15, 0.2) is 5.76 Å². The highest BCUT2D eigenvalue weighted by atomic mass is 16.4. The van der Waals surface area contributed by atoms with Gasteiger partial charge in [-0.1, -0.05) is 0 Å². The van der Waals surface area contributed by atoms with Crippen molar-refractivity contribution in [3.8, 4) is 17.1 Å². The van der Waals surface area contributed by atoms with Gasteiger partial charge in [-0.05, 0) is 24.3 Å². The largest absolute Gasteiger partial charge is 0.508 e. The van der Waals surface area contributed by atoms with Gasteiger partial charge < -0.3 is 14.8 Å². The average Bonchev–Trinajstić information content (AvgIpc) is 2.65. The summed E-state index contributed by atoms with van der Waals surface area (Å²) in [5.41, 5.74) is 0.934. The molecule has 4 nitrogen and oxygen atoms in total. The van der Waals surface area contributed by atoms with Crippen LogP contribution >= 0.6 is 0 Å². The average molecular weight is 216 g/mol. The normalized spacial score (nSPS) is 16.0. The summed E-state index contributed by atoms with van der Waals surface area (Å²) in [6, 6.07) is 6.92. The van der Waals surface area contributed by atoms with E-state index in [0.717, 1.165) is 30.3 Å². The monoisotopic (exact) mass is 216 g/mol. The number of hydrogen-bond donors (Lipinski definition) is 2. The predicted molar refractivity (Wildman–Crippen MR) is 59.2 cm³/mol. The quantitative estimate of drug-likeness (QED) is 0.802. The van der Waals surface area contributed by atoms with Crippen LogP contribution in [0.4, 0.5) is 0 Å². The number of rotatable bonds is 2. The third-order valence-corrected chi connectivity index (χ3v) is 2.81. The van der Waals surface area contributed by atoms with Crippen molar-refractivity contribution in [2.45, 2.75) is 5.92 Å². The standard InChI is InChI=1S/C12H12N2O2/c15-10-3-1-8(2-4-10)11-7-14-12(16-11)9-5-13-6-9/h1-4,7,9,13,15H,5-6H2. The second kappa shape index (κ2) is 3.64. The van der Waals surface area contributed by atoms with E-state index in [-0.39, 0.29) is 5.75 Å². The van der Waals surface area contributed by atoms with Crippen LogP contribution in [0.1, 0.15) is 11.8 Å². The van der Waals surface area contributed by atoms with Crippen molar-refractivity contribution >= 4 is 0 Å². The van der Waals surface area contributed by atoms with E-state index in [1.54, 1.807) is 18.3 Å². The minimum absolute atomic E-state index is 0.256. The smallest absolute Gasteiger partial charge is 0.200 e. The van der Waals surface area contributed by atoms with E-state index in [1.165, 1.54) is 0 Å². The SMILES string of the molecule is Oc1ccc(-c2cnc(C3CNC3)o2)cc1. The maximum atomic E-state index is 9.19. The molecule has 4 heteroatoms. The molecule has 0 amide bonds. The number of phenols is 1. The van der Waals surface area contributed by atoms with Crippen molar-refractivity contribution in [3.05, 3.63) is 36.4 Å². The fraction of sp³-hybridized carbons (Fsp3) is 0.250. The van der Waals surface area contributed by atoms with Crippen molar-refractivity contribution in [1.29, 1.82) is 0 Å². The molecule has 16 heavy (non-hydrogen) atoms. The lowest BCUT2D eigenvalue weighted by molar-refractivity contribution is 0.361. The molecule has 0 spiro atoms. The number of aromatic hydroxyl groups is 1. The van der Waals surface area contributed by atoms with E-state index < -0.39 is 0 Å². The van der Waals surface area contributed by atoms with Crippen molar-refractivity contribution in [1.82, 2.24) is 10.3 Å². The molecule has 1 aliphatic heterocycles. The van der Waals surface area contributed by atoms with Crippen LogP contribution in [-0.4, -0.2) is 23.2 Å². The predicted octanol–water partition coefficient (Wildman–Crippen LogP) is 1.73. The van der Waals surface area contributed by atoms with Crippen molar-refractivity contribution in [3.63, 3.8) is 0 Å². The summed E-state index contributed by atoms with van der Waals surface area (Å²) in [4.78, 5) is 4.27. The molecule has 0 atom stereocenters. The summed E-state index contributed by atoms with van der Waals surface area (Å²) >= 11 is 0. The Morgan fingerprint density at radius 3 is 2.62 bits per heavy atom. The van der Waals surface area contributed by atoms with Gasteiger partial charge in [-0.15, -0.1) is 0 Å². The number of hydrogen-bond acceptors (Lipinski definition) is 4. The summed E-state index contributed by atoms with van der Waals surface area (Å²) in [7, 11) is 0. The van der Waals surface area contributed by atoms with Gasteiger partial charge in [0.1, 0.15) is 5.75 Å². The Morgan fingerprint density at radius 1 is 1.25 bits per heavy atom. The van der Waals surface area contributed by atoms with E-state index in [0.29, 0.717) is 5.92 Å². The summed E-state index contributed by atoms with van der Waals surface area (Å²) < 4.78 is 5.68. The van der Waals surface area contributed by atoms with Gasteiger partial charge in [0.05, 0.1) is 12.1 Å². The van der Waals surface area contributed by atoms with Crippen LogP contribution in [0.5, 0.6) is 5.75 Å². The summed E-state index contributed by atoms with van der Waals surface area (Å²) in [5.74, 6) is 2.21. The van der Waals surface area contributed by atoms with E-state index in [1.807, 2.05) is 12.1 Å². The zero-order valence-electron chi connectivity index (χ0n) is 8.68. The molecule has 1 aromatic carbocycles. The Morgan fingerprint density at radius 2 is 2.00 bits per heavy atom. The fourth-order valence-electron chi connectivity index (χ4n) is 1.70. The van der Waals surface area contributed by atoms with Crippen molar-refractivity contribution in [2.75, 3.05) is 13.1 Å². The molecule has 2 N–H and O–H groups in total. The highest BCUT2D eigenvalue weighted by molar-refractivity contribution is 5.57. The Bertz CT molecular complexity index is 486. The number of oxazole rings is 1. The highest BCUT2D eigenvalue weighted by Crippen LogP contribution is 2.26. The molecule has 0 unspecified atom stereocenters. The Labute approximate surface area is 92.9 Å². The molecule has 2 heterocycles. The maximum absolute atomic E-state index is 9.19. The molecule has 1 fully saturated rings. The van der Waals surface area contributed by atoms with Gasteiger partial charge in [0.2, 0.25) is 5.89 Å². The molecule has 2 aromatic rings. The minimum Gasteiger partial charge on any atom is -0.508 e. The number of nitrogens with one attached hydrogen (secondary N) is 1. The van der Waals surface area contributed by atoms with E-state index >= 15 is 0 Å². The van der Waals surface area contributed by atoms with E-state index in [4.69, 9.17) is 4.42 Å². The molecule has 1 saturated heterocycles. The second-order valence-electron chi connectivity index (χ2n) is 3.96. The second-order valence-corrected chi connectivity index (χ2v) is 3.96. The highest BCUT2D eigenvalue weighted by Gasteiger charge is 2.23. The van der Waals surface area contributed by atoms with Crippen molar-refractivity contribution < 1.29 is 9.52 Å². The Balaban J connectivity index is 1.88. The molecule has 82 valence electrons. The first-order chi connectivity index (χ1) is 7.83. The molecule has 3 rings (SSSR count). The van der Waals surface area contributed by atoms with Crippen LogP contribution in [0.15, 0.2) is 34.9 Å². The maximum Gasteiger partial charge on any atom is 0.200 e. The zero-order valence-corrected chi connectivity index (χ0v) is 8.68. The first-order valence-electron chi connectivity index (χ1n) is 5.29. The molecule has 0 radical (unpaired) electrons. The summed E-state index contributed by atoms with van der Waals surface area (Å²) in [5, 5.41) is 12.4. The number of nitrogens with zero attached hydrogens (tertiary/aromatic N) is 1. The number of aromatic nitrogens is 1. The topological polar surface area (TPSA) is 58.3 Å². The molecule has 0 aliphatic carbocycles. The van der Waals surface area contributed by atoms with Crippen LogP contribution in [0.25, 0.3) is 11.3 Å². The van der Waals surface area contributed by atoms with Crippen LogP contribution in [0, 0.1) is 0 Å². The first-order valence-corrected chi connectivity index (χ1v) is 5.29. The summed E-state index contributed by atoms with van der Waals surface area (Å²) in [6.45, 7) is 1.88. The molecular formula is C12H12N2O2. The van der Waals surface area contributed by atoms with Gasteiger partial charge in [0, 0.05) is 18.7 Å². The summed E-state index contributed by atoms with van der Waals surface area (Å²) in [6.07, 6.45) is 1.74. The van der Waals surface area contributed by atoms with Gasteiger partial charge >= 0.3 is 0 Å². The molecule has 1 aliphatic rings. The fourth-order valence-corrected chi connectivity index (χ4v) is 1.70. The Kier molecular flexibility index (Phi) is 2.15. The van der Waals surface area contributed by atoms with Crippen LogP contribution in [0.2, 0.25) is 0 Å². The van der Waals surface area contributed by atoms with E-state index in [9.17, 15) is 5.11 Å². The van der Waals surface area contributed by atoms with Gasteiger partial charge in [-0.2, -0.15) is 0 Å². The number of benzene rings is 1. The zero-order chi connectivity index (χ0) is 11.0. The van der Waals surface area contributed by atoms with E-state index in [2.05, 4.69) is 10.3 Å². The third kappa shape index (κ3) is 1.57. The lowest BCUT2D eigenvalue weighted by Crippen LogP contribution is -2.40. The lowest BCUT2D eigenvalue weighted by atomic mass is 10.0. The first kappa shape index (κ1) is 9.42.